The molecule has 0 unspecified atom stereocenters. The van der Waals surface area contributed by atoms with Crippen molar-refractivity contribution < 1.29 is 4.79 Å². The summed E-state index contributed by atoms with van der Waals surface area (Å²) in [4.78, 5) is 16.5. The molecule has 3 rings (SSSR count). The molecule has 7 heteroatoms. The highest BCUT2D eigenvalue weighted by Gasteiger charge is 2.23. The van der Waals surface area contributed by atoms with Crippen LogP contribution in [-0.4, -0.2) is 36.9 Å². The minimum atomic E-state index is -0.223. The number of rotatable bonds is 7. The lowest BCUT2D eigenvalue weighted by molar-refractivity contribution is -0.120. The topological polar surface area (TPSA) is 72.7 Å². The van der Waals surface area contributed by atoms with Gasteiger partial charge >= 0.3 is 0 Å². The molecule has 0 bridgehead atoms. The van der Waals surface area contributed by atoms with Gasteiger partial charge < -0.3 is 5.32 Å². The molecular formula is C18H23N5OS. The van der Waals surface area contributed by atoms with Crippen LogP contribution >= 0.6 is 11.8 Å². The van der Waals surface area contributed by atoms with Gasteiger partial charge in [0.05, 0.1) is 5.25 Å². The van der Waals surface area contributed by atoms with Crippen LogP contribution in [0, 0.1) is 0 Å². The van der Waals surface area contributed by atoms with Crippen LogP contribution in [0.5, 0.6) is 0 Å². The fourth-order valence-corrected chi connectivity index (χ4v) is 3.85. The Labute approximate surface area is 152 Å². The van der Waals surface area contributed by atoms with Gasteiger partial charge in [0.1, 0.15) is 0 Å². The van der Waals surface area contributed by atoms with Gasteiger partial charge in [-0.3, -0.25) is 14.3 Å². The SMILES string of the molecule is C=CCn1c(S[C@@H](C)C(=O)NC2CCCC2)nnc1-c1ccncc1. The molecule has 0 saturated heterocycles. The number of amides is 1. The first kappa shape index (κ1) is 17.7. The molecule has 6 nitrogen and oxygen atoms in total. The summed E-state index contributed by atoms with van der Waals surface area (Å²) >= 11 is 1.43. The molecule has 1 aliphatic rings. The molecule has 1 fully saturated rings. The highest BCUT2D eigenvalue weighted by molar-refractivity contribution is 8.00. The lowest BCUT2D eigenvalue weighted by Gasteiger charge is -2.16. The predicted molar refractivity (Wildman–Crippen MR) is 99.2 cm³/mol. The number of hydrogen-bond donors (Lipinski definition) is 1. The second-order valence-corrected chi connectivity index (χ2v) is 7.50. The van der Waals surface area contributed by atoms with Crippen LogP contribution in [0.25, 0.3) is 11.4 Å². The number of hydrogen-bond acceptors (Lipinski definition) is 5. The molecule has 2 heterocycles. The van der Waals surface area contributed by atoms with Crippen molar-refractivity contribution >= 4 is 17.7 Å². The average Bonchev–Trinajstić information content (AvgIpc) is 3.26. The summed E-state index contributed by atoms with van der Waals surface area (Å²) in [7, 11) is 0. The minimum absolute atomic E-state index is 0.0653. The summed E-state index contributed by atoms with van der Waals surface area (Å²) in [6.45, 7) is 6.31. The first-order valence-electron chi connectivity index (χ1n) is 8.60. The first-order chi connectivity index (χ1) is 12.2. The van der Waals surface area contributed by atoms with Crippen molar-refractivity contribution in [3.63, 3.8) is 0 Å². The molecule has 1 N–H and O–H groups in total. The highest BCUT2D eigenvalue weighted by Crippen LogP contribution is 2.27. The summed E-state index contributed by atoms with van der Waals surface area (Å²) in [5.41, 5.74) is 0.944. The fourth-order valence-electron chi connectivity index (χ4n) is 2.98. The van der Waals surface area contributed by atoms with Crippen molar-refractivity contribution in [1.29, 1.82) is 0 Å². The summed E-state index contributed by atoms with van der Waals surface area (Å²) in [6, 6.07) is 4.12. The van der Waals surface area contributed by atoms with Gasteiger partial charge in [0.25, 0.3) is 0 Å². The van der Waals surface area contributed by atoms with Gasteiger partial charge in [0.2, 0.25) is 5.91 Å². The Morgan fingerprint density at radius 3 is 2.80 bits per heavy atom. The molecular weight excluding hydrogens is 334 g/mol. The van der Waals surface area contributed by atoms with E-state index in [2.05, 4.69) is 27.1 Å². The zero-order valence-electron chi connectivity index (χ0n) is 14.4. The number of pyridine rings is 1. The molecule has 0 radical (unpaired) electrons. The summed E-state index contributed by atoms with van der Waals surface area (Å²) < 4.78 is 1.98. The van der Waals surface area contributed by atoms with E-state index >= 15 is 0 Å². The number of carbonyl (C=O) groups is 1. The minimum Gasteiger partial charge on any atom is -0.352 e. The molecule has 0 spiro atoms. The smallest absolute Gasteiger partial charge is 0.233 e. The van der Waals surface area contributed by atoms with Crippen LogP contribution in [-0.2, 0) is 11.3 Å². The van der Waals surface area contributed by atoms with Gasteiger partial charge in [-0.2, -0.15) is 0 Å². The molecule has 1 atom stereocenters. The van der Waals surface area contributed by atoms with Crippen LogP contribution < -0.4 is 5.32 Å². The fraction of sp³-hybridized carbons (Fsp3) is 0.444. The Morgan fingerprint density at radius 2 is 2.12 bits per heavy atom. The van der Waals surface area contributed by atoms with E-state index in [1.54, 1.807) is 18.5 Å². The lowest BCUT2D eigenvalue weighted by atomic mass is 10.2. The summed E-state index contributed by atoms with van der Waals surface area (Å²) in [5.74, 6) is 0.823. The number of carbonyl (C=O) groups excluding carboxylic acids is 1. The van der Waals surface area contributed by atoms with Gasteiger partial charge in [0, 0.05) is 30.5 Å². The summed E-state index contributed by atoms with van der Waals surface area (Å²) in [6.07, 6.45) is 9.84. The van der Waals surface area contributed by atoms with Gasteiger partial charge in [-0.25, -0.2) is 0 Å². The second kappa shape index (κ2) is 8.29. The third-order valence-corrected chi connectivity index (χ3v) is 5.40. The van der Waals surface area contributed by atoms with Crippen molar-refractivity contribution in [2.75, 3.05) is 0 Å². The summed E-state index contributed by atoms with van der Waals surface area (Å²) in [5, 5.41) is 12.2. The second-order valence-electron chi connectivity index (χ2n) is 6.19. The predicted octanol–water partition coefficient (Wildman–Crippen LogP) is 3.07. The molecule has 1 aliphatic carbocycles. The van der Waals surface area contributed by atoms with E-state index < -0.39 is 0 Å². The van der Waals surface area contributed by atoms with Gasteiger partial charge in [-0.15, -0.1) is 16.8 Å². The highest BCUT2D eigenvalue weighted by atomic mass is 32.2. The number of nitrogens with zero attached hydrogens (tertiary/aromatic N) is 4. The molecule has 0 aromatic carbocycles. The third kappa shape index (κ3) is 4.28. The molecule has 25 heavy (non-hydrogen) atoms. The van der Waals surface area contributed by atoms with Gasteiger partial charge in [-0.05, 0) is 31.9 Å². The maximum absolute atomic E-state index is 12.4. The van der Waals surface area contributed by atoms with E-state index in [1.807, 2.05) is 23.6 Å². The molecule has 2 aromatic heterocycles. The Balaban J connectivity index is 1.74. The Hall–Kier alpha value is -2.15. The largest absolute Gasteiger partial charge is 0.352 e. The molecule has 2 aromatic rings. The van der Waals surface area contributed by atoms with E-state index in [1.165, 1.54) is 24.6 Å². The number of aromatic nitrogens is 4. The quantitative estimate of drug-likeness (QED) is 0.609. The van der Waals surface area contributed by atoms with Crippen LogP contribution in [0.2, 0.25) is 0 Å². The van der Waals surface area contributed by atoms with E-state index in [4.69, 9.17) is 0 Å². The number of allylic oxidation sites excluding steroid dienone is 1. The number of nitrogens with one attached hydrogen (secondary N) is 1. The van der Waals surface area contributed by atoms with Crippen LogP contribution in [0.1, 0.15) is 32.6 Å². The molecule has 1 amide bonds. The Morgan fingerprint density at radius 1 is 1.40 bits per heavy atom. The maximum Gasteiger partial charge on any atom is 0.233 e. The normalized spacial score (nSPS) is 15.9. The van der Waals surface area contributed by atoms with E-state index in [0.29, 0.717) is 12.6 Å². The average molecular weight is 357 g/mol. The lowest BCUT2D eigenvalue weighted by Crippen LogP contribution is -2.37. The zero-order chi connectivity index (χ0) is 17.6. The van der Waals surface area contributed by atoms with E-state index in [0.717, 1.165) is 29.4 Å². The van der Waals surface area contributed by atoms with Crippen LogP contribution in [0.4, 0.5) is 0 Å². The monoisotopic (exact) mass is 357 g/mol. The van der Waals surface area contributed by atoms with Gasteiger partial charge in [0.15, 0.2) is 11.0 Å². The van der Waals surface area contributed by atoms with E-state index in [9.17, 15) is 4.79 Å². The molecule has 0 aliphatic heterocycles. The Kier molecular flexibility index (Phi) is 5.86. The van der Waals surface area contributed by atoms with Crippen molar-refractivity contribution in [2.24, 2.45) is 0 Å². The van der Waals surface area contributed by atoms with E-state index in [-0.39, 0.29) is 11.2 Å². The first-order valence-corrected chi connectivity index (χ1v) is 9.48. The van der Waals surface area contributed by atoms with Crippen LogP contribution in [0.3, 0.4) is 0 Å². The third-order valence-electron chi connectivity index (χ3n) is 4.32. The van der Waals surface area contributed by atoms with Crippen LogP contribution in [0.15, 0.2) is 42.3 Å². The zero-order valence-corrected chi connectivity index (χ0v) is 15.2. The van der Waals surface area contributed by atoms with Crippen molar-refractivity contribution in [2.45, 2.75) is 55.6 Å². The molecule has 1 saturated carbocycles. The van der Waals surface area contributed by atoms with Crippen molar-refractivity contribution in [3.8, 4) is 11.4 Å². The van der Waals surface area contributed by atoms with Crippen molar-refractivity contribution in [1.82, 2.24) is 25.1 Å². The standard InChI is InChI=1S/C18H23N5OS/c1-3-12-23-16(14-8-10-19-11-9-14)21-22-18(23)25-13(2)17(24)20-15-6-4-5-7-15/h3,8-11,13,15H,1,4-7,12H2,2H3,(H,20,24)/t13-/m0/s1. The number of thioether (sulfide) groups is 1. The van der Waals surface area contributed by atoms with Gasteiger partial charge in [-0.1, -0.05) is 30.7 Å². The maximum atomic E-state index is 12.4. The van der Waals surface area contributed by atoms with Crippen molar-refractivity contribution in [3.05, 3.63) is 37.2 Å². The Bertz CT molecular complexity index is 724. The molecule has 132 valence electrons.